The third-order valence-corrected chi connectivity index (χ3v) is 5.14. The molecular formula is C19H16N6O3S. The first-order valence-corrected chi connectivity index (χ1v) is 9.64. The molecule has 10 heteroatoms. The Hall–Kier alpha value is -3.66. The normalized spacial score (nSPS) is 10.9. The first kappa shape index (κ1) is 18.7. The van der Waals surface area contributed by atoms with Crippen molar-refractivity contribution in [1.29, 1.82) is 0 Å². The molecule has 0 aliphatic rings. The van der Waals surface area contributed by atoms with E-state index in [-0.39, 0.29) is 11.3 Å². The summed E-state index contributed by atoms with van der Waals surface area (Å²) in [5, 5.41) is 14.0. The highest BCUT2D eigenvalue weighted by Crippen LogP contribution is 2.21. The number of benzene rings is 2. The number of imide groups is 1. The number of aromatic nitrogens is 4. The lowest BCUT2D eigenvalue weighted by atomic mass is 10.2. The number of fused-ring (bicyclic) bond motifs is 3. The first-order valence-electron chi connectivity index (χ1n) is 8.66. The second-order valence-corrected chi connectivity index (χ2v) is 7.10. The summed E-state index contributed by atoms with van der Waals surface area (Å²) < 4.78 is 3.13. The van der Waals surface area contributed by atoms with Gasteiger partial charge in [-0.3, -0.25) is 23.9 Å². The molecule has 0 spiro atoms. The van der Waals surface area contributed by atoms with Crippen LogP contribution in [0.3, 0.4) is 0 Å². The smallest absolute Gasteiger partial charge is 0.308 e. The van der Waals surface area contributed by atoms with E-state index in [9.17, 15) is 14.4 Å². The Morgan fingerprint density at radius 1 is 1.03 bits per heavy atom. The second-order valence-electron chi connectivity index (χ2n) is 6.16. The third-order valence-electron chi connectivity index (χ3n) is 4.21. The Labute approximate surface area is 168 Å². The molecule has 3 amide bonds. The van der Waals surface area contributed by atoms with Crippen LogP contribution in [-0.4, -0.2) is 36.9 Å². The van der Waals surface area contributed by atoms with Crippen LogP contribution in [0.1, 0.15) is 0 Å². The minimum atomic E-state index is -0.610. The number of thioether (sulfide) groups is 1. The molecular weight excluding hydrogens is 392 g/mol. The van der Waals surface area contributed by atoms with Crippen LogP contribution in [0.4, 0.5) is 10.5 Å². The van der Waals surface area contributed by atoms with E-state index in [0.717, 1.165) is 11.8 Å². The largest absolute Gasteiger partial charge is 0.325 e. The summed E-state index contributed by atoms with van der Waals surface area (Å²) in [6.45, 7) is 0. The lowest BCUT2D eigenvalue weighted by Crippen LogP contribution is -2.35. The van der Waals surface area contributed by atoms with Crippen LogP contribution in [0.2, 0.25) is 0 Å². The van der Waals surface area contributed by atoms with E-state index < -0.39 is 11.9 Å². The first-order chi connectivity index (χ1) is 14.0. The minimum absolute atomic E-state index is 0.0415. The molecule has 0 atom stereocenters. The van der Waals surface area contributed by atoms with Crippen molar-refractivity contribution in [1.82, 2.24) is 24.5 Å². The maximum Gasteiger partial charge on any atom is 0.325 e. The number of urea groups is 1. The number of carbonyl (C=O) groups is 2. The van der Waals surface area contributed by atoms with Gasteiger partial charge in [0.25, 0.3) is 5.56 Å². The van der Waals surface area contributed by atoms with E-state index in [2.05, 4.69) is 20.8 Å². The Balaban J connectivity index is 1.51. The van der Waals surface area contributed by atoms with Gasteiger partial charge < -0.3 is 5.32 Å². The number of amides is 3. The highest BCUT2D eigenvalue weighted by molar-refractivity contribution is 7.99. The van der Waals surface area contributed by atoms with Crippen molar-refractivity contribution in [2.45, 2.75) is 5.16 Å². The number of rotatable bonds is 4. The molecule has 0 radical (unpaired) electrons. The molecule has 0 aliphatic carbocycles. The molecule has 0 saturated carbocycles. The van der Waals surface area contributed by atoms with Crippen LogP contribution in [-0.2, 0) is 11.8 Å². The molecule has 146 valence electrons. The van der Waals surface area contributed by atoms with E-state index >= 15 is 0 Å². The number of nitrogens with one attached hydrogen (secondary N) is 2. The molecule has 29 heavy (non-hydrogen) atoms. The molecule has 4 aromatic rings. The molecule has 2 N–H and O–H groups in total. The number of anilines is 1. The van der Waals surface area contributed by atoms with Crippen molar-refractivity contribution in [3.05, 3.63) is 65.0 Å². The van der Waals surface area contributed by atoms with Crippen LogP contribution < -0.4 is 16.2 Å². The zero-order valence-corrected chi connectivity index (χ0v) is 16.1. The molecule has 0 bridgehead atoms. The maximum atomic E-state index is 12.5. The minimum Gasteiger partial charge on any atom is -0.308 e. The molecule has 2 aromatic carbocycles. The van der Waals surface area contributed by atoms with Gasteiger partial charge in [-0.25, -0.2) is 4.79 Å². The van der Waals surface area contributed by atoms with Crippen molar-refractivity contribution in [2.75, 3.05) is 11.1 Å². The summed E-state index contributed by atoms with van der Waals surface area (Å²) >= 11 is 1.12. The van der Waals surface area contributed by atoms with Gasteiger partial charge >= 0.3 is 6.03 Å². The summed E-state index contributed by atoms with van der Waals surface area (Å²) in [6.07, 6.45) is 0. The Morgan fingerprint density at radius 2 is 1.76 bits per heavy atom. The van der Waals surface area contributed by atoms with Gasteiger partial charge in [0.1, 0.15) is 0 Å². The summed E-state index contributed by atoms with van der Waals surface area (Å²) in [7, 11) is 1.62. The summed E-state index contributed by atoms with van der Waals surface area (Å²) in [6, 6.07) is 15.3. The summed E-state index contributed by atoms with van der Waals surface area (Å²) in [4.78, 5) is 36.5. The predicted octanol–water partition coefficient (Wildman–Crippen LogP) is 2.02. The van der Waals surface area contributed by atoms with Gasteiger partial charge in [-0.15, -0.1) is 10.2 Å². The van der Waals surface area contributed by atoms with Crippen molar-refractivity contribution in [3.8, 4) is 0 Å². The van der Waals surface area contributed by atoms with E-state index in [1.165, 1.54) is 4.57 Å². The van der Waals surface area contributed by atoms with Crippen molar-refractivity contribution >= 4 is 46.1 Å². The van der Waals surface area contributed by atoms with E-state index in [4.69, 9.17) is 0 Å². The van der Waals surface area contributed by atoms with Crippen molar-refractivity contribution in [3.63, 3.8) is 0 Å². The molecule has 0 unspecified atom stereocenters. The second kappa shape index (κ2) is 7.76. The van der Waals surface area contributed by atoms with Gasteiger partial charge in [-0.1, -0.05) is 42.1 Å². The number of nitrogens with zero attached hydrogens (tertiary/aromatic N) is 4. The van der Waals surface area contributed by atoms with Gasteiger partial charge in [0.15, 0.2) is 5.16 Å². The molecule has 9 nitrogen and oxygen atoms in total. The van der Waals surface area contributed by atoms with Gasteiger partial charge in [0, 0.05) is 12.7 Å². The standard InChI is InChI=1S/C19H16N6O3S/c1-24-16(27)13-9-5-6-10-14(13)25-18(24)22-23-19(25)29-11-15(26)21-17(28)20-12-7-3-2-4-8-12/h2-10H,11H2,1H3,(H2,20,21,26,28). The number of carbonyl (C=O) groups excluding carboxylic acids is 2. The fourth-order valence-corrected chi connectivity index (χ4v) is 3.62. The number of para-hydroxylation sites is 2. The fourth-order valence-electron chi connectivity index (χ4n) is 2.88. The van der Waals surface area contributed by atoms with Crippen LogP contribution in [0, 0.1) is 0 Å². The van der Waals surface area contributed by atoms with Gasteiger partial charge in [-0.05, 0) is 24.3 Å². The topological polar surface area (TPSA) is 110 Å². The van der Waals surface area contributed by atoms with E-state index in [1.807, 2.05) is 12.1 Å². The SMILES string of the molecule is Cn1c(=O)c2ccccc2n2c(SCC(=O)NC(=O)Nc3ccccc3)nnc12. The Bertz CT molecular complexity index is 1280. The molecule has 0 fully saturated rings. The maximum absolute atomic E-state index is 12.5. The number of hydrogen-bond acceptors (Lipinski definition) is 6. The summed E-state index contributed by atoms with van der Waals surface area (Å²) in [5.74, 6) is -0.145. The average Bonchev–Trinajstić information content (AvgIpc) is 3.15. The van der Waals surface area contributed by atoms with E-state index in [0.29, 0.717) is 27.5 Å². The van der Waals surface area contributed by atoms with Gasteiger partial charge in [0.2, 0.25) is 11.7 Å². The van der Waals surface area contributed by atoms with Gasteiger partial charge in [0.05, 0.1) is 16.7 Å². The predicted molar refractivity (Wildman–Crippen MR) is 110 cm³/mol. The number of aryl methyl sites for hydroxylation is 1. The third kappa shape index (κ3) is 3.69. The molecule has 4 rings (SSSR count). The van der Waals surface area contributed by atoms with Crippen molar-refractivity contribution in [2.24, 2.45) is 7.05 Å². The Kier molecular flexibility index (Phi) is 5.00. The zero-order valence-electron chi connectivity index (χ0n) is 15.3. The van der Waals surface area contributed by atoms with Gasteiger partial charge in [-0.2, -0.15) is 0 Å². The summed E-state index contributed by atoms with van der Waals surface area (Å²) in [5.41, 5.74) is 1.06. The lowest BCUT2D eigenvalue weighted by Gasteiger charge is -2.08. The van der Waals surface area contributed by atoms with Crippen LogP contribution in [0.15, 0.2) is 64.5 Å². The number of hydrogen-bond donors (Lipinski definition) is 2. The molecule has 0 saturated heterocycles. The fraction of sp³-hybridized carbons (Fsp3) is 0.105. The molecule has 2 heterocycles. The van der Waals surface area contributed by atoms with E-state index in [1.54, 1.807) is 53.9 Å². The highest BCUT2D eigenvalue weighted by atomic mass is 32.2. The van der Waals surface area contributed by atoms with Crippen LogP contribution >= 0.6 is 11.8 Å². The average molecular weight is 408 g/mol. The van der Waals surface area contributed by atoms with Crippen LogP contribution in [0.5, 0.6) is 0 Å². The monoisotopic (exact) mass is 408 g/mol. The van der Waals surface area contributed by atoms with Crippen molar-refractivity contribution < 1.29 is 9.59 Å². The van der Waals surface area contributed by atoms with Crippen LogP contribution in [0.25, 0.3) is 16.7 Å². The Morgan fingerprint density at radius 3 is 2.55 bits per heavy atom. The lowest BCUT2D eigenvalue weighted by molar-refractivity contribution is -0.117. The zero-order chi connectivity index (χ0) is 20.4. The highest BCUT2D eigenvalue weighted by Gasteiger charge is 2.16. The quantitative estimate of drug-likeness (QED) is 0.500. The molecule has 2 aromatic heterocycles. The molecule has 0 aliphatic heterocycles.